The van der Waals surface area contributed by atoms with Gasteiger partial charge in [-0.25, -0.2) is 0 Å². The van der Waals surface area contributed by atoms with Crippen molar-refractivity contribution in [1.29, 1.82) is 0 Å². The van der Waals surface area contributed by atoms with Gasteiger partial charge < -0.3 is 9.80 Å². The molecule has 10 aromatic rings. The quantitative estimate of drug-likeness (QED) is 0.0944. The third-order valence-corrected chi connectivity index (χ3v) is 15.7. The number of hydrogen-bond donors (Lipinski definition) is 0. The SMILES string of the molecule is CCCc1ccc(N2c3cccc4c3B(c3cc(CCC)ccc3N4c3ccc(CCC)c(-c4ccc5c6ccccc6c6ccccc6c5c4)c3)c3sc4ccc(CCC)cc4c32)cc1. The van der Waals surface area contributed by atoms with Crippen LogP contribution < -0.4 is 25.5 Å². The predicted molar refractivity (Wildman–Crippen MR) is 290 cm³/mol. The van der Waals surface area contributed by atoms with Crippen molar-refractivity contribution in [3.8, 4) is 11.1 Å². The second-order valence-corrected chi connectivity index (χ2v) is 19.8. The summed E-state index contributed by atoms with van der Waals surface area (Å²) in [4.78, 5) is 5.22. The molecule has 322 valence electrons. The molecule has 0 saturated heterocycles. The number of benzene rings is 9. The van der Waals surface area contributed by atoms with Crippen LogP contribution >= 0.6 is 11.3 Å². The molecule has 0 radical (unpaired) electrons. The monoisotopic (exact) mass is 870 g/mol. The lowest BCUT2D eigenvalue weighted by atomic mass is 9.36. The first-order valence-electron chi connectivity index (χ1n) is 24.5. The highest BCUT2D eigenvalue weighted by atomic mass is 32.1. The number of rotatable bonds is 11. The maximum absolute atomic E-state index is 2.62. The van der Waals surface area contributed by atoms with Crippen LogP contribution in [-0.4, -0.2) is 6.71 Å². The van der Waals surface area contributed by atoms with E-state index in [2.05, 4.69) is 201 Å². The Morgan fingerprint density at radius 2 is 1.02 bits per heavy atom. The molecule has 2 aliphatic heterocycles. The molecule has 9 aromatic carbocycles. The molecule has 12 rings (SSSR count). The Morgan fingerprint density at radius 3 is 1.71 bits per heavy atom. The van der Waals surface area contributed by atoms with Crippen LogP contribution in [0.4, 0.5) is 34.1 Å². The molecule has 0 spiro atoms. The Morgan fingerprint density at radius 1 is 0.424 bits per heavy atom. The van der Waals surface area contributed by atoms with Crippen molar-refractivity contribution in [3.05, 3.63) is 186 Å². The highest BCUT2D eigenvalue weighted by Crippen LogP contribution is 2.49. The number of hydrogen-bond acceptors (Lipinski definition) is 3. The lowest BCUT2D eigenvalue weighted by molar-refractivity contribution is 0.922. The van der Waals surface area contributed by atoms with Crippen molar-refractivity contribution in [1.82, 2.24) is 0 Å². The zero-order chi connectivity index (χ0) is 44.5. The van der Waals surface area contributed by atoms with Gasteiger partial charge in [-0.15, -0.1) is 11.3 Å². The first-order valence-corrected chi connectivity index (χ1v) is 25.3. The van der Waals surface area contributed by atoms with Crippen molar-refractivity contribution in [2.24, 2.45) is 0 Å². The highest BCUT2D eigenvalue weighted by molar-refractivity contribution is 7.33. The van der Waals surface area contributed by atoms with Gasteiger partial charge in [0.2, 0.25) is 0 Å². The zero-order valence-electron chi connectivity index (χ0n) is 38.6. The molecular formula is C62H55BN2S. The second-order valence-electron chi connectivity index (χ2n) is 18.7. The first kappa shape index (κ1) is 40.9. The summed E-state index contributed by atoms with van der Waals surface area (Å²) in [6.07, 6.45) is 8.73. The Bertz CT molecular complexity index is 3470. The van der Waals surface area contributed by atoms with Gasteiger partial charge in [0.15, 0.2) is 0 Å². The minimum atomic E-state index is 0.110. The normalized spacial score (nSPS) is 12.9. The predicted octanol–water partition coefficient (Wildman–Crippen LogP) is 15.9. The Hall–Kier alpha value is -6.62. The number of fused-ring (bicyclic) bond motifs is 12. The molecule has 0 unspecified atom stereocenters. The van der Waals surface area contributed by atoms with Crippen LogP contribution in [0.5, 0.6) is 0 Å². The van der Waals surface area contributed by atoms with Crippen molar-refractivity contribution in [2.75, 3.05) is 9.80 Å². The van der Waals surface area contributed by atoms with Crippen LogP contribution in [0.25, 0.3) is 53.5 Å². The summed E-state index contributed by atoms with van der Waals surface area (Å²) in [5, 5.41) is 9.23. The van der Waals surface area contributed by atoms with E-state index in [1.54, 1.807) is 0 Å². The average molecular weight is 871 g/mol. The van der Waals surface area contributed by atoms with E-state index >= 15 is 0 Å². The Labute approximate surface area is 394 Å². The topological polar surface area (TPSA) is 6.48 Å². The van der Waals surface area contributed by atoms with Gasteiger partial charge in [-0.05, 0) is 163 Å². The summed E-state index contributed by atoms with van der Waals surface area (Å²) in [5.41, 5.74) is 18.6. The van der Waals surface area contributed by atoms with Gasteiger partial charge >= 0.3 is 0 Å². The molecule has 4 heteroatoms. The van der Waals surface area contributed by atoms with E-state index in [0.29, 0.717) is 0 Å². The molecule has 0 aliphatic carbocycles. The van der Waals surface area contributed by atoms with Crippen molar-refractivity contribution >= 4 is 110 Å². The average Bonchev–Trinajstić information content (AvgIpc) is 3.73. The summed E-state index contributed by atoms with van der Waals surface area (Å²) in [5.74, 6) is 0. The lowest BCUT2D eigenvalue weighted by Gasteiger charge is -2.43. The highest BCUT2D eigenvalue weighted by Gasteiger charge is 2.45. The molecule has 3 heterocycles. The first-order chi connectivity index (χ1) is 32.6. The minimum absolute atomic E-state index is 0.110. The summed E-state index contributed by atoms with van der Waals surface area (Å²) in [6, 6.07) is 63.6. The van der Waals surface area contributed by atoms with E-state index in [9.17, 15) is 0 Å². The molecular weight excluding hydrogens is 816 g/mol. The van der Waals surface area contributed by atoms with Crippen LogP contribution in [0.1, 0.15) is 75.6 Å². The Balaban J connectivity index is 1.10. The largest absolute Gasteiger partial charge is 0.311 e. The van der Waals surface area contributed by atoms with E-state index < -0.39 is 0 Å². The van der Waals surface area contributed by atoms with E-state index in [1.807, 2.05) is 11.3 Å². The van der Waals surface area contributed by atoms with Crippen LogP contribution in [0.2, 0.25) is 0 Å². The fraction of sp³-hybridized carbons (Fsp3) is 0.194. The standard InChI is InChI=1S/C62H55BN2S/c1-5-14-40-24-30-45(31-25-40)65-58-23-13-22-57-60(58)63(62-61(65)54-36-41(15-6-2)27-35-59(54)66-62)55-37-42(16-7-3)26-34-56(55)64(57)46-32-28-43(17-8-4)52(39-46)44-29-33-51-49-20-10-9-18-47(49)48-19-11-12-21-50(48)53(51)38-44/h9-13,18-39H,5-8,14-17H2,1-4H3. The maximum Gasteiger partial charge on any atom is 0.264 e. The molecule has 66 heavy (non-hydrogen) atoms. The van der Waals surface area contributed by atoms with Gasteiger partial charge in [0, 0.05) is 43.3 Å². The second kappa shape index (κ2) is 16.7. The Kier molecular flexibility index (Phi) is 10.3. The maximum atomic E-state index is 2.62. The lowest BCUT2D eigenvalue weighted by Crippen LogP contribution is -2.60. The van der Waals surface area contributed by atoms with Crippen molar-refractivity contribution < 1.29 is 0 Å². The fourth-order valence-electron chi connectivity index (χ4n) is 11.6. The third-order valence-electron chi connectivity index (χ3n) is 14.4. The van der Waals surface area contributed by atoms with Crippen LogP contribution in [0.15, 0.2) is 164 Å². The van der Waals surface area contributed by atoms with E-state index in [-0.39, 0.29) is 6.71 Å². The van der Waals surface area contributed by atoms with Crippen LogP contribution in [0.3, 0.4) is 0 Å². The van der Waals surface area contributed by atoms with E-state index in [4.69, 9.17) is 0 Å². The van der Waals surface area contributed by atoms with E-state index in [0.717, 1.165) is 51.4 Å². The van der Waals surface area contributed by atoms with Gasteiger partial charge in [0.1, 0.15) is 0 Å². The van der Waals surface area contributed by atoms with E-state index in [1.165, 1.54) is 126 Å². The number of anilines is 6. The molecule has 2 aliphatic rings. The molecule has 0 amide bonds. The zero-order valence-corrected chi connectivity index (χ0v) is 39.4. The summed E-state index contributed by atoms with van der Waals surface area (Å²) in [6.45, 7) is 9.28. The molecule has 2 nitrogen and oxygen atoms in total. The van der Waals surface area contributed by atoms with Crippen LogP contribution in [-0.2, 0) is 25.7 Å². The van der Waals surface area contributed by atoms with Gasteiger partial charge in [0.25, 0.3) is 6.71 Å². The summed E-state index contributed by atoms with van der Waals surface area (Å²) < 4.78 is 2.81. The number of thiophene rings is 1. The van der Waals surface area contributed by atoms with Gasteiger partial charge in [-0.2, -0.15) is 0 Å². The third kappa shape index (κ3) is 6.51. The van der Waals surface area contributed by atoms with Crippen LogP contribution in [0, 0.1) is 0 Å². The molecule has 0 N–H and O–H groups in total. The molecule has 0 bridgehead atoms. The van der Waals surface area contributed by atoms with Crippen molar-refractivity contribution in [3.63, 3.8) is 0 Å². The summed E-state index contributed by atoms with van der Waals surface area (Å²) in [7, 11) is 0. The van der Waals surface area contributed by atoms with Gasteiger partial charge in [-0.3, -0.25) is 0 Å². The molecule has 0 atom stereocenters. The molecule has 0 fully saturated rings. The van der Waals surface area contributed by atoms with Gasteiger partial charge in [0.05, 0.1) is 5.69 Å². The number of nitrogens with zero attached hydrogens (tertiary/aromatic N) is 2. The smallest absolute Gasteiger partial charge is 0.264 e. The van der Waals surface area contributed by atoms with Gasteiger partial charge in [-0.1, -0.05) is 157 Å². The van der Waals surface area contributed by atoms with Crippen molar-refractivity contribution in [2.45, 2.75) is 79.1 Å². The summed E-state index contributed by atoms with van der Waals surface area (Å²) >= 11 is 2.00. The number of aryl methyl sites for hydroxylation is 4. The minimum Gasteiger partial charge on any atom is -0.311 e. The fourth-order valence-corrected chi connectivity index (χ4v) is 12.9. The molecule has 0 saturated carbocycles. The molecule has 1 aromatic heterocycles.